The molecule has 1 aromatic heterocycles. The highest BCUT2D eigenvalue weighted by atomic mass is 32.1. The molecule has 0 radical (unpaired) electrons. The first-order valence-electron chi connectivity index (χ1n) is 10.0. The third-order valence-corrected chi connectivity index (χ3v) is 5.57. The predicted molar refractivity (Wildman–Crippen MR) is 112 cm³/mol. The van der Waals surface area contributed by atoms with Crippen LogP contribution in [0.25, 0.3) is 0 Å². The summed E-state index contributed by atoms with van der Waals surface area (Å²) in [4.78, 5) is 19.1. The summed E-state index contributed by atoms with van der Waals surface area (Å²) in [6, 6.07) is 4.20. The fourth-order valence-corrected chi connectivity index (χ4v) is 3.69. The van der Waals surface area contributed by atoms with E-state index < -0.39 is 0 Å². The average Bonchev–Trinajstić information content (AvgIpc) is 3.19. The predicted octanol–water partition coefficient (Wildman–Crippen LogP) is 2.65. The quantitative estimate of drug-likeness (QED) is 0.364. The first-order chi connectivity index (χ1) is 13.1. The molecule has 0 saturated heterocycles. The van der Waals surface area contributed by atoms with Crippen molar-refractivity contribution in [2.45, 2.75) is 51.0 Å². The van der Waals surface area contributed by atoms with Crippen molar-refractivity contribution in [1.82, 2.24) is 15.5 Å². The van der Waals surface area contributed by atoms with Crippen LogP contribution in [0.2, 0.25) is 0 Å². The molecule has 0 aromatic carbocycles. The maximum absolute atomic E-state index is 11.8. The molecule has 1 aromatic rings. The molecular weight excluding hydrogens is 360 g/mol. The van der Waals surface area contributed by atoms with E-state index in [1.807, 2.05) is 0 Å². The number of ether oxygens (including phenoxy) is 1. The molecule has 27 heavy (non-hydrogen) atoms. The lowest BCUT2D eigenvalue weighted by molar-refractivity contribution is -0.127. The van der Waals surface area contributed by atoms with Crippen LogP contribution in [-0.2, 0) is 16.0 Å². The van der Waals surface area contributed by atoms with E-state index in [0.29, 0.717) is 12.1 Å². The van der Waals surface area contributed by atoms with E-state index in [-0.39, 0.29) is 12.5 Å². The number of thiophene rings is 1. The van der Waals surface area contributed by atoms with Gasteiger partial charge in [0.2, 0.25) is 5.91 Å². The minimum Gasteiger partial charge on any atom is -0.378 e. The zero-order chi connectivity index (χ0) is 19.3. The molecule has 1 heterocycles. The molecule has 1 amide bonds. The van der Waals surface area contributed by atoms with E-state index in [2.05, 4.69) is 33.1 Å². The number of likely N-dealkylation sites (N-methyl/N-ethyl adjacent to an activating group) is 1. The summed E-state index contributed by atoms with van der Waals surface area (Å²) in [5.41, 5.74) is 0. The minimum atomic E-state index is -0.00464. The summed E-state index contributed by atoms with van der Waals surface area (Å²) >= 11 is 1.76. The van der Waals surface area contributed by atoms with Crippen molar-refractivity contribution < 1.29 is 9.53 Å². The van der Waals surface area contributed by atoms with Gasteiger partial charge in [-0.1, -0.05) is 25.3 Å². The van der Waals surface area contributed by atoms with Crippen molar-refractivity contribution in [2.75, 3.05) is 40.3 Å². The Morgan fingerprint density at radius 1 is 1.26 bits per heavy atom. The molecule has 1 fully saturated rings. The number of hydrogen-bond donors (Lipinski definition) is 2. The lowest BCUT2D eigenvalue weighted by atomic mass is 9.98. The number of carbonyl (C=O) groups excluding carboxylic acids is 1. The van der Waals surface area contributed by atoms with Crippen molar-refractivity contribution in [1.29, 1.82) is 0 Å². The molecule has 0 spiro atoms. The molecule has 0 atom stereocenters. The third kappa shape index (κ3) is 9.24. The van der Waals surface area contributed by atoms with E-state index in [4.69, 9.17) is 4.74 Å². The SMILES string of the molecule is CN(C)C(=O)CN=C(NCCCOC1CCCCC1)NCCc1cccs1. The maximum atomic E-state index is 11.8. The number of nitrogens with zero attached hydrogens (tertiary/aromatic N) is 2. The summed E-state index contributed by atoms with van der Waals surface area (Å²) in [5.74, 6) is 0.689. The molecule has 1 aliphatic carbocycles. The Morgan fingerprint density at radius 2 is 2.04 bits per heavy atom. The van der Waals surface area contributed by atoms with Gasteiger partial charge in [-0.05, 0) is 37.1 Å². The second-order valence-corrected chi connectivity index (χ2v) is 8.15. The number of carbonyl (C=O) groups is 1. The fraction of sp³-hybridized carbons (Fsp3) is 0.700. The average molecular weight is 395 g/mol. The zero-order valence-corrected chi connectivity index (χ0v) is 17.5. The Balaban J connectivity index is 1.69. The lowest BCUT2D eigenvalue weighted by Crippen LogP contribution is -2.40. The second-order valence-electron chi connectivity index (χ2n) is 7.12. The Morgan fingerprint density at radius 3 is 2.74 bits per heavy atom. The maximum Gasteiger partial charge on any atom is 0.243 e. The number of hydrogen-bond acceptors (Lipinski definition) is 4. The van der Waals surface area contributed by atoms with Gasteiger partial charge in [0.05, 0.1) is 6.10 Å². The van der Waals surface area contributed by atoms with Crippen molar-refractivity contribution >= 4 is 23.2 Å². The van der Waals surface area contributed by atoms with Crippen LogP contribution >= 0.6 is 11.3 Å². The summed E-state index contributed by atoms with van der Waals surface area (Å²) in [6.07, 6.45) is 8.70. The molecule has 0 unspecified atom stereocenters. The number of guanidine groups is 1. The van der Waals surface area contributed by atoms with Crippen LogP contribution in [0.4, 0.5) is 0 Å². The normalized spacial score (nSPS) is 15.6. The lowest BCUT2D eigenvalue weighted by Gasteiger charge is -2.22. The van der Waals surface area contributed by atoms with Crippen LogP contribution < -0.4 is 10.6 Å². The van der Waals surface area contributed by atoms with E-state index in [1.54, 1.807) is 30.3 Å². The van der Waals surface area contributed by atoms with Gasteiger partial charge in [-0.15, -0.1) is 11.3 Å². The molecule has 152 valence electrons. The van der Waals surface area contributed by atoms with Gasteiger partial charge in [0.15, 0.2) is 5.96 Å². The number of nitrogens with one attached hydrogen (secondary N) is 2. The van der Waals surface area contributed by atoms with Gasteiger partial charge in [-0.3, -0.25) is 4.79 Å². The fourth-order valence-electron chi connectivity index (χ4n) is 2.98. The second kappa shape index (κ2) is 12.7. The molecule has 1 saturated carbocycles. The Bertz CT molecular complexity index is 554. The van der Waals surface area contributed by atoms with E-state index in [9.17, 15) is 4.79 Å². The summed E-state index contributed by atoms with van der Waals surface area (Å²) < 4.78 is 5.96. The van der Waals surface area contributed by atoms with Gasteiger partial charge in [-0.25, -0.2) is 4.99 Å². The van der Waals surface area contributed by atoms with Crippen LogP contribution in [0.1, 0.15) is 43.4 Å². The van der Waals surface area contributed by atoms with E-state index in [1.165, 1.54) is 37.0 Å². The third-order valence-electron chi connectivity index (χ3n) is 4.63. The van der Waals surface area contributed by atoms with Crippen molar-refractivity contribution in [3.8, 4) is 0 Å². The zero-order valence-electron chi connectivity index (χ0n) is 16.7. The monoisotopic (exact) mass is 394 g/mol. The van der Waals surface area contributed by atoms with Crippen LogP contribution in [0.5, 0.6) is 0 Å². The minimum absolute atomic E-state index is 0.00464. The van der Waals surface area contributed by atoms with Crippen LogP contribution in [-0.4, -0.2) is 63.2 Å². The van der Waals surface area contributed by atoms with Gasteiger partial charge in [-0.2, -0.15) is 0 Å². The number of aliphatic imine (C=N–C) groups is 1. The Kier molecular flexibility index (Phi) is 10.2. The van der Waals surface area contributed by atoms with E-state index in [0.717, 1.165) is 32.5 Å². The first-order valence-corrected chi connectivity index (χ1v) is 10.9. The van der Waals surface area contributed by atoms with Crippen molar-refractivity contribution in [3.63, 3.8) is 0 Å². The Hall–Kier alpha value is -1.60. The Labute approximate surface area is 167 Å². The molecule has 0 aliphatic heterocycles. The van der Waals surface area contributed by atoms with Gasteiger partial charge in [0, 0.05) is 38.7 Å². The topological polar surface area (TPSA) is 66.0 Å². The largest absolute Gasteiger partial charge is 0.378 e. The molecule has 2 rings (SSSR count). The smallest absolute Gasteiger partial charge is 0.243 e. The highest BCUT2D eigenvalue weighted by molar-refractivity contribution is 7.09. The number of rotatable bonds is 10. The summed E-state index contributed by atoms with van der Waals surface area (Å²) in [7, 11) is 3.50. The van der Waals surface area contributed by atoms with Crippen molar-refractivity contribution in [2.24, 2.45) is 4.99 Å². The van der Waals surface area contributed by atoms with E-state index >= 15 is 0 Å². The van der Waals surface area contributed by atoms with Gasteiger partial charge in [0.25, 0.3) is 0 Å². The van der Waals surface area contributed by atoms with Crippen LogP contribution in [0.3, 0.4) is 0 Å². The van der Waals surface area contributed by atoms with Crippen LogP contribution in [0, 0.1) is 0 Å². The molecule has 6 nitrogen and oxygen atoms in total. The summed E-state index contributed by atoms with van der Waals surface area (Å²) in [5, 5.41) is 8.74. The van der Waals surface area contributed by atoms with Gasteiger partial charge in [0.1, 0.15) is 6.54 Å². The molecule has 7 heteroatoms. The molecular formula is C20H34N4O2S. The van der Waals surface area contributed by atoms with Crippen LogP contribution in [0.15, 0.2) is 22.5 Å². The number of amides is 1. The van der Waals surface area contributed by atoms with Crippen molar-refractivity contribution in [3.05, 3.63) is 22.4 Å². The summed E-state index contributed by atoms with van der Waals surface area (Å²) in [6.45, 7) is 2.51. The van der Waals surface area contributed by atoms with Gasteiger partial charge >= 0.3 is 0 Å². The first kappa shape index (κ1) is 21.7. The molecule has 1 aliphatic rings. The standard InChI is InChI=1S/C20H34N4O2S/c1-24(2)19(25)16-23-20(22-13-11-18-10-6-15-27-18)21-12-7-14-26-17-8-4-3-5-9-17/h6,10,15,17H,3-5,7-9,11-14,16H2,1-2H3,(H2,21,22,23). The highest BCUT2D eigenvalue weighted by Gasteiger charge is 2.13. The highest BCUT2D eigenvalue weighted by Crippen LogP contribution is 2.20. The molecule has 0 bridgehead atoms. The van der Waals surface area contributed by atoms with Gasteiger partial charge < -0.3 is 20.3 Å². The molecule has 2 N–H and O–H groups in total.